The predicted molar refractivity (Wildman–Crippen MR) is 73.8 cm³/mol. The molecule has 1 aliphatic carbocycles. The lowest BCUT2D eigenvalue weighted by molar-refractivity contribution is -0.426. The number of aliphatic hydroxyl groups is 4. The number of hydrogen-bond acceptors (Lipinski definition) is 6. The standard InChI is InChI=1S/C11H12O5.C2H6.CH5N/c12-10(13)9-7(6-4-5-6)2-1-3-8(9)16-11(10,14)15;2*1-2/h1-3,6,12-15H,4-5H2;1-2H3;2H2,1H3. The highest BCUT2D eigenvalue weighted by Gasteiger charge is 2.60. The lowest BCUT2D eigenvalue weighted by atomic mass is 9.96. The summed E-state index contributed by atoms with van der Waals surface area (Å²) in [6.07, 6.45) is 1.94. The van der Waals surface area contributed by atoms with Gasteiger partial charge in [0.2, 0.25) is 0 Å². The first-order valence-corrected chi connectivity index (χ1v) is 6.73. The normalized spacial score (nSPS) is 20.6. The predicted octanol–water partition coefficient (Wildman–Crippen LogP) is 0.333. The van der Waals surface area contributed by atoms with E-state index in [4.69, 9.17) is 4.74 Å². The largest absolute Gasteiger partial charge is 0.434 e. The first kappa shape index (κ1) is 16.9. The average Bonchev–Trinajstić information content (AvgIpc) is 3.24. The highest BCUT2D eigenvalue weighted by molar-refractivity contribution is 5.49. The molecule has 0 radical (unpaired) electrons. The van der Waals surface area contributed by atoms with E-state index in [2.05, 4.69) is 5.73 Å². The van der Waals surface area contributed by atoms with Crippen LogP contribution in [0.25, 0.3) is 0 Å². The molecule has 0 aromatic heterocycles. The van der Waals surface area contributed by atoms with Gasteiger partial charge >= 0.3 is 5.97 Å². The smallest absolute Gasteiger partial charge is 0.384 e. The molecule has 1 aliphatic heterocycles. The van der Waals surface area contributed by atoms with Crippen molar-refractivity contribution in [2.24, 2.45) is 5.73 Å². The third kappa shape index (κ3) is 2.65. The number of fused-ring (bicyclic) bond motifs is 1. The zero-order chi connectivity index (χ0) is 15.6. The number of hydrogen-bond donors (Lipinski definition) is 5. The molecule has 0 bridgehead atoms. The van der Waals surface area contributed by atoms with Crippen molar-refractivity contribution >= 4 is 0 Å². The second-order valence-electron chi connectivity index (χ2n) is 4.38. The Morgan fingerprint density at radius 3 is 2.15 bits per heavy atom. The zero-order valence-electron chi connectivity index (χ0n) is 12.0. The van der Waals surface area contributed by atoms with Crippen LogP contribution < -0.4 is 10.5 Å². The molecule has 0 atom stereocenters. The highest BCUT2D eigenvalue weighted by atomic mass is 16.8. The number of rotatable bonds is 1. The summed E-state index contributed by atoms with van der Waals surface area (Å²) < 4.78 is 4.74. The average molecular weight is 285 g/mol. The summed E-state index contributed by atoms with van der Waals surface area (Å²) >= 11 is 0. The van der Waals surface area contributed by atoms with Crippen molar-refractivity contribution in [1.82, 2.24) is 0 Å². The first-order valence-electron chi connectivity index (χ1n) is 6.73. The van der Waals surface area contributed by atoms with Crippen LogP contribution in [0.15, 0.2) is 18.2 Å². The monoisotopic (exact) mass is 285 g/mol. The quantitative estimate of drug-likeness (QED) is 0.475. The second-order valence-corrected chi connectivity index (χ2v) is 4.38. The summed E-state index contributed by atoms with van der Waals surface area (Å²) in [5.74, 6) is -5.40. The fourth-order valence-corrected chi connectivity index (χ4v) is 2.13. The van der Waals surface area contributed by atoms with Gasteiger partial charge < -0.3 is 30.9 Å². The van der Waals surface area contributed by atoms with E-state index >= 15 is 0 Å². The van der Waals surface area contributed by atoms with Crippen molar-refractivity contribution in [3.63, 3.8) is 0 Å². The Balaban J connectivity index is 0.000000461. The maximum atomic E-state index is 9.76. The van der Waals surface area contributed by atoms with Crippen molar-refractivity contribution in [2.45, 2.75) is 44.4 Å². The molecule has 1 heterocycles. The molecule has 1 saturated carbocycles. The maximum absolute atomic E-state index is 9.76. The van der Waals surface area contributed by atoms with Gasteiger partial charge in [-0.1, -0.05) is 26.0 Å². The summed E-state index contributed by atoms with van der Waals surface area (Å²) in [5.41, 5.74) is 5.29. The van der Waals surface area contributed by atoms with E-state index in [0.29, 0.717) is 5.56 Å². The van der Waals surface area contributed by atoms with E-state index in [1.165, 1.54) is 13.1 Å². The third-order valence-electron chi connectivity index (χ3n) is 3.13. The Bertz CT molecular complexity index is 455. The molecule has 6 heteroatoms. The molecule has 3 rings (SSSR count). The van der Waals surface area contributed by atoms with E-state index < -0.39 is 11.8 Å². The van der Waals surface area contributed by atoms with E-state index in [9.17, 15) is 20.4 Å². The molecule has 0 spiro atoms. The van der Waals surface area contributed by atoms with E-state index in [-0.39, 0.29) is 17.2 Å². The van der Waals surface area contributed by atoms with Crippen LogP contribution in [0.2, 0.25) is 0 Å². The van der Waals surface area contributed by atoms with Crippen LogP contribution in [0.5, 0.6) is 5.75 Å². The molecule has 0 unspecified atom stereocenters. The van der Waals surface area contributed by atoms with Gasteiger partial charge in [0.05, 0.1) is 5.56 Å². The minimum Gasteiger partial charge on any atom is -0.434 e. The topological polar surface area (TPSA) is 116 Å². The Morgan fingerprint density at radius 1 is 1.10 bits per heavy atom. The molecule has 6 nitrogen and oxygen atoms in total. The number of ether oxygens (including phenoxy) is 1. The van der Waals surface area contributed by atoms with Crippen LogP contribution in [0, 0.1) is 0 Å². The molecule has 2 aliphatic rings. The van der Waals surface area contributed by atoms with E-state index in [1.54, 1.807) is 12.1 Å². The number of benzene rings is 1. The lowest BCUT2D eigenvalue weighted by Crippen LogP contribution is -2.51. The van der Waals surface area contributed by atoms with Gasteiger partial charge in [0, 0.05) is 0 Å². The van der Waals surface area contributed by atoms with Crippen LogP contribution in [0.3, 0.4) is 0 Å². The molecular weight excluding hydrogens is 262 g/mol. The Kier molecular flexibility index (Phi) is 5.12. The minimum atomic E-state index is -2.99. The van der Waals surface area contributed by atoms with Crippen molar-refractivity contribution < 1.29 is 25.2 Å². The van der Waals surface area contributed by atoms with Gasteiger partial charge in [0.1, 0.15) is 5.75 Å². The highest BCUT2D eigenvalue weighted by Crippen LogP contribution is 2.51. The van der Waals surface area contributed by atoms with Crippen LogP contribution in [-0.2, 0) is 5.79 Å². The van der Waals surface area contributed by atoms with Crippen LogP contribution in [0.4, 0.5) is 0 Å². The van der Waals surface area contributed by atoms with Gasteiger partial charge in [-0.25, -0.2) is 0 Å². The van der Waals surface area contributed by atoms with E-state index in [1.807, 2.05) is 13.8 Å². The van der Waals surface area contributed by atoms with Crippen LogP contribution in [0.1, 0.15) is 43.7 Å². The number of nitrogens with two attached hydrogens (primary N) is 1. The Hall–Kier alpha value is -1.18. The van der Waals surface area contributed by atoms with E-state index in [0.717, 1.165) is 12.8 Å². The van der Waals surface area contributed by atoms with Crippen molar-refractivity contribution in [3.8, 4) is 5.75 Å². The summed E-state index contributed by atoms with van der Waals surface area (Å²) in [6.45, 7) is 4.00. The SMILES string of the molecule is CC.CN.OC1(O)Oc2cccc(C3CC3)c2C1(O)O. The van der Waals surface area contributed by atoms with Crippen molar-refractivity contribution in [3.05, 3.63) is 29.3 Å². The Labute approximate surface area is 118 Å². The molecule has 114 valence electrons. The fraction of sp³-hybridized carbons (Fsp3) is 0.571. The Morgan fingerprint density at radius 2 is 1.65 bits per heavy atom. The van der Waals surface area contributed by atoms with Gasteiger partial charge in [-0.2, -0.15) is 0 Å². The van der Waals surface area contributed by atoms with Gasteiger partial charge in [-0.3, -0.25) is 0 Å². The molecule has 20 heavy (non-hydrogen) atoms. The van der Waals surface area contributed by atoms with Crippen molar-refractivity contribution in [2.75, 3.05) is 7.05 Å². The van der Waals surface area contributed by atoms with Crippen LogP contribution >= 0.6 is 0 Å². The molecule has 6 N–H and O–H groups in total. The van der Waals surface area contributed by atoms with Gasteiger partial charge in [-0.05, 0) is 37.4 Å². The van der Waals surface area contributed by atoms with Gasteiger partial charge in [0.15, 0.2) is 0 Å². The van der Waals surface area contributed by atoms with Crippen LogP contribution in [-0.4, -0.2) is 33.4 Å². The summed E-state index contributed by atoms with van der Waals surface area (Å²) in [6, 6.07) is 4.93. The van der Waals surface area contributed by atoms with Gasteiger partial charge in [-0.15, -0.1) is 0 Å². The first-order chi connectivity index (χ1) is 9.43. The molecule has 0 amide bonds. The summed E-state index contributed by atoms with van der Waals surface area (Å²) in [7, 11) is 1.50. The minimum absolute atomic E-state index is 0.0718. The summed E-state index contributed by atoms with van der Waals surface area (Å²) in [5, 5.41) is 38.3. The summed E-state index contributed by atoms with van der Waals surface area (Å²) in [4.78, 5) is 0. The molecular formula is C14H23NO5. The third-order valence-corrected chi connectivity index (χ3v) is 3.13. The molecule has 0 saturated heterocycles. The van der Waals surface area contributed by atoms with Crippen molar-refractivity contribution in [1.29, 1.82) is 0 Å². The molecule has 1 aromatic rings. The molecule has 1 aromatic carbocycles. The zero-order valence-corrected chi connectivity index (χ0v) is 12.0. The maximum Gasteiger partial charge on any atom is 0.384 e. The lowest BCUT2D eigenvalue weighted by Gasteiger charge is -2.26. The second kappa shape index (κ2) is 6.07. The fourth-order valence-electron chi connectivity index (χ4n) is 2.13. The molecule has 1 fully saturated rings. The van der Waals surface area contributed by atoms with Gasteiger partial charge in [0.25, 0.3) is 5.79 Å².